The Kier molecular flexibility index (Phi) is 3.58. The van der Waals surface area contributed by atoms with Gasteiger partial charge in [-0.05, 0) is 19.9 Å². The Morgan fingerprint density at radius 2 is 2.18 bits per heavy atom. The van der Waals surface area contributed by atoms with Crippen molar-refractivity contribution in [1.82, 2.24) is 24.6 Å². The van der Waals surface area contributed by atoms with E-state index in [-0.39, 0.29) is 0 Å². The van der Waals surface area contributed by atoms with E-state index >= 15 is 0 Å². The van der Waals surface area contributed by atoms with Crippen molar-refractivity contribution in [2.45, 2.75) is 33.0 Å². The number of aromatic nitrogens is 4. The maximum absolute atomic E-state index is 4.32. The molecule has 0 spiro atoms. The van der Waals surface area contributed by atoms with E-state index in [1.165, 1.54) is 5.69 Å². The quantitative estimate of drug-likeness (QED) is 0.851. The van der Waals surface area contributed by atoms with Crippen LogP contribution in [0.2, 0.25) is 0 Å². The number of aryl methyl sites for hydroxylation is 1. The minimum atomic E-state index is 0.448. The first-order valence-electron chi connectivity index (χ1n) is 5.87. The number of imidazole rings is 1. The molecule has 5 heteroatoms. The van der Waals surface area contributed by atoms with Gasteiger partial charge in [-0.25, -0.2) is 4.98 Å². The number of hydrogen-bond acceptors (Lipinski definition) is 3. The molecule has 0 aliphatic carbocycles. The van der Waals surface area contributed by atoms with E-state index in [2.05, 4.69) is 33.8 Å². The molecule has 17 heavy (non-hydrogen) atoms. The average Bonchev–Trinajstić information content (AvgIpc) is 2.87. The van der Waals surface area contributed by atoms with Crippen LogP contribution in [0.15, 0.2) is 24.8 Å². The highest BCUT2D eigenvalue weighted by Crippen LogP contribution is 2.08. The van der Waals surface area contributed by atoms with Gasteiger partial charge in [-0.3, -0.25) is 4.68 Å². The third kappa shape index (κ3) is 2.94. The second kappa shape index (κ2) is 5.14. The van der Waals surface area contributed by atoms with E-state index < -0.39 is 0 Å². The predicted molar refractivity (Wildman–Crippen MR) is 66.4 cm³/mol. The molecule has 2 rings (SSSR count). The van der Waals surface area contributed by atoms with Gasteiger partial charge in [0.25, 0.3) is 0 Å². The second-order valence-electron chi connectivity index (χ2n) is 4.47. The van der Waals surface area contributed by atoms with E-state index in [4.69, 9.17) is 0 Å². The highest BCUT2D eigenvalue weighted by Gasteiger charge is 2.04. The van der Waals surface area contributed by atoms with Crippen LogP contribution >= 0.6 is 0 Å². The Balaban J connectivity index is 1.88. The van der Waals surface area contributed by atoms with Gasteiger partial charge in [0.15, 0.2) is 0 Å². The normalized spacial score (nSPS) is 11.3. The molecule has 0 aliphatic rings. The lowest BCUT2D eigenvalue weighted by Gasteiger charge is -2.11. The summed E-state index contributed by atoms with van der Waals surface area (Å²) in [5.74, 6) is 0. The first-order valence-corrected chi connectivity index (χ1v) is 5.87. The molecule has 0 saturated heterocycles. The van der Waals surface area contributed by atoms with Crippen LogP contribution in [0.25, 0.3) is 0 Å². The van der Waals surface area contributed by atoms with Gasteiger partial charge in [-0.2, -0.15) is 5.10 Å². The van der Waals surface area contributed by atoms with E-state index in [0.717, 1.165) is 18.8 Å². The van der Waals surface area contributed by atoms with Crippen LogP contribution in [0.3, 0.4) is 0 Å². The average molecular weight is 233 g/mol. The van der Waals surface area contributed by atoms with Crippen molar-refractivity contribution < 1.29 is 0 Å². The maximum Gasteiger partial charge on any atom is 0.0951 e. The molecule has 0 aromatic carbocycles. The molecule has 2 heterocycles. The SMILES string of the molecule is CC(C)n1cncc1CNCc1ccn(C)n1. The van der Waals surface area contributed by atoms with Crippen molar-refractivity contribution in [3.63, 3.8) is 0 Å². The fourth-order valence-electron chi connectivity index (χ4n) is 1.81. The fourth-order valence-corrected chi connectivity index (χ4v) is 1.81. The summed E-state index contributed by atoms with van der Waals surface area (Å²) in [6.07, 6.45) is 5.74. The lowest BCUT2D eigenvalue weighted by molar-refractivity contribution is 0.547. The van der Waals surface area contributed by atoms with E-state index in [1.54, 1.807) is 0 Å². The van der Waals surface area contributed by atoms with E-state index in [1.807, 2.05) is 36.5 Å². The highest BCUT2D eigenvalue weighted by molar-refractivity contribution is 5.01. The molecule has 0 saturated carbocycles. The Bertz CT molecular complexity index is 469. The standard InChI is InChI=1S/C12H19N5/c1-10(2)17-9-14-8-12(17)7-13-6-11-4-5-16(3)15-11/h4-5,8-10,13H,6-7H2,1-3H3. The second-order valence-corrected chi connectivity index (χ2v) is 4.47. The van der Waals surface area contributed by atoms with Crippen LogP contribution in [0.4, 0.5) is 0 Å². The number of rotatable bonds is 5. The monoisotopic (exact) mass is 233 g/mol. The molecule has 2 aromatic rings. The highest BCUT2D eigenvalue weighted by atomic mass is 15.3. The summed E-state index contributed by atoms with van der Waals surface area (Å²) in [5, 5.41) is 7.69. The topological polar surface area (TPSA) is 47.7 Å². The van der Waals surface area contributed by atoms with Crippen molar-refractivity contribution in [3.8, 4) is 0 Å². The molecule has 2 aromatic heterocycles. The number of hydrogen-bond donors (Lipinski definition) is 1. The van der Waals surface area contributed by atoms with Crippen molar-refractivity contribution >= 4 is 0 Å². The number of nitrogens with zero attached hydrogens (tertiary/aromatic N) is 4. The van der Waals surface area contributed by atoms with Crippen LogP contribution in [0.5, 0.6) is 0 Å². The van der Waals surface area contributed by atoms with Gasteiger partial charge in [0.1, 0.15) is 0 Å². The van der Waals surface area contributed by atoms with Gasteiger partial charge >= 0.3 is 0 Å². The minimum Gasteiger partial charge on any atom is -0.331 e. The summed E-state index contributed by atoms with van der Waals surface area (Å²) in [6.45, 7) is 5.91. The third-order valence-corrected chi connectivity index (χ3v) is 2.68. The Hall–Kier alpha value is -1.62. The summed E-state index contributed by atoms with van der Waals surface area (Å²) in [6, 6.07) is 2.47. The molecular weight excluding hydrogens is 214 g/mol. The Morgan fingerprint density at radius 1 is 1.35 bits per heavy atom. The van der Waals surface area contributed by atoms with Gasteiger partial charge in [0.2, 0.25) is 0 Å². The molecule has 0 bridgehead atoms. The summed E-state index contributed by atoms with van der Waals surface area (Å²) in [7, 11) is 1.93. The van der Waals surface area contributed by atoms with Crippen molar-refractivity contribution in [2.24, 2.45) is 7.05 Å². The molecule has 1 N–H and O–H groups in total. The summed E-state index contributed by atoms with van der Waals surface area (Å²) >= 11 is 0. The summed E-state index contributed by atoms with van der Waals surface area (Å²) < 4.78 is 3.99. The van der Waals surface area contributed by atoms with E-state index in [9.17, 15) is 0 Å². The predicted octanol–water partition coefficient (Wildman–Crippen LogP) is 1.49. The molecule has 0 atom stereocenters. The molecule has 0 fully saturated rings. The summed E-state index contributed by atoms with van der Waals surface area (Å²) in [5.41, 5.74) is 2.26. The zero-order valence-corrected chi connectivity index (χ0v) is 10.6. The van der Waals surface area contributed by atoms with Crippen LogP contribution in [-0.4, -0.2) is 19.3 Å². The van der Waals surface area contributed by atoms with Gasteiger partial charge in [0, 0.05) is 38.6 Å². The fraction of sp³-hybridized carbons (Fsp3) is 0.500. The van der Waals surface area contributed by atoms with Gasteiger partial charge in [-0.1, -0.05) is 0 Å². The largest absolute Gasteiger partial charge is 0.331 e. The van der Waals surface area contributed by atoms with Gasteiger partial charge in [-0.15, -0.1) is 0 Å². The van der Waals surface area contributed by atoms with Crippen molar-refractivity contribution in [3.05, 3.63) is 36.2 Å². The zero-order chi connectivity index (χ0) is 12.3. The maximum atomic E-state index is 4.32. The van der Waals surface area contributed by atoms with Crippen LogP contribution < -0.4 is 5.32 Å². The van der Waals surface area contributed by atoms with Crippen molar-refractivity contribution in [1.29, 1.82) is 0 Å². The molecule has 0 aliphatic heterocycles. The van der Waals surface area contributed by atoms with Gasteiger partial charge in [0.05, 0.1) is 17.7 Å². The molecule has 92 valence electrons. The first-order chi connectivity index (χ1) is 8.16. The minimum absolute atomic E-state index is 0.448. The lowest BCUT2D eigenvalue weighted by atomic mass is 10.3. The Morgan fingerprint density at radius 3 is 2.82 bits per heavy atom. The zero-order valence-electron chi connectivity index (χ0n) is 10.6. The lowest BCUT2D eigenvalue weighted by Crippen LogP contribution is -2.16. The van der Waals surface area contributed by atoms with Gasteiger partial charge < -0.3 is 9.88 Å². The van der Waals surface area contributed by atoms with Crippen LogP contribution in [-0.2, 0) is 20.1 Å². The summed E-state index contributed by atoms with van der Waals surface area (Å²) in [4.78, 5) is 4.18. The molecular formula is C12H19N5. The van der Waals surface area contributed by atoms with Crippen LogP contribution in [0.1, 0.15) is 31.3 Å². The molecule has 0 unspecified atom stereocenters. The van der Waals surface area contributed by atoms with Crippen molar-refractivity contribution in [2.75, 3.05) is 0 Å². The number of nitrogens with one attached hydrogen (secondary N) is 1. The molecule has 0 amide bonds. The Labute approximate surface area is 101 Å². The van der Waals surface area contributed by atoms with E-state index in [0.29, 0.717) is 6.04 Å². The first kappa shape index (κ1) is 11.9. The third-order valence-electron chi connectivity index (χ3n) is 2.68. The van der Waals surface area contributed by atoms with Crippen LogP contribution in [0, 0.1) is 0 Å². The smallest absolute Gasteiger partial charge is 0.0951 e. The molecule has 5 nitrogen and oxygen atoms in total. The molecule has 0 radical (unpaired) electrons.